The van der Waals surface area contributed by atoms with Gasteiger partial charge in [0, 0.05) is 10.3 Å². The zero-order chi connectivity index (χ0) is 23.7. The zero-order valence-electron chi connectivity index (χ0n) is 21.9. The van der Waals surface area contributed by atoms with Gasteiger partial charge in [-0.25, -0.2) is 0 Å². The largest absolute Gasteiger partial charge is 0.470 e. The highest BCUT2D eigenvalue weighted by atomic mass is 28.5. The van der Waals surface area contributed by atoms with Crippen LogP contribution < -0.4 is 0 Å². The second-order valence-corrected chi connectivity index (χ2v) is 28.9. The third-order valence-corrected chi connectivity index (χ3v) is 23.8. The van der Waals surface area contributed by atoms with Crippen LogP contribution in [0, 0.1) is 0 Å². The highest BCUT2D eigenvalue weighted by Crippen LogP contribution is 2.27. The van der Waals surface area contributed by atoms with Gasteiger partial charge in [-0.15, -0.1) is 0 Å². The zero-order valence-corrected chi connectivity index (χ0v) is 25.9. The Balaban J connectivity index is 5.85. The van der Waals surface area contributed by atoms with Crippen molar-refractivity contribution in [2.75, 3.05) is 0 Å². The van der Waals surface area contributed by atoms with Crippen LogP contribution >= 0.6 is 0 Å². The first-order valence-electron chi connectivity index (χ1n) is 10.4. The first kappa shape index (κ1) is 22.0. The molecule has 0 saturated carbocycles. The molecule has 0 amide bonds. The lowest BCUT2D eigenvalue weighted by molar-refractivity contribution is 0.202. The van der Waals surface area contributed by atoms with E-state index in [2.05, 4.69) is 0 Å². The molecule has 13 heteroatoms. The summed E-state index contributed by atoms with van der Waals surface area (Å²) in [7, 11) is -19.3. The van der Waals surface area contributed by atoms with Gasteiger partial charge in [0.25, 0.3) is 0 Å². The summed E-state index contributed by atoms with van der Waals surface area (Å²) in [5.41, 5.74) is 0. The first-order valence-corrected chi connectivity index (χ1v) is 26.8. The Morgan fingerprint density at radius 3 is 0.846 bits per heavy atom. The summed E-state index contributed by atoms with van der Waals surface area (Å²) in [6.07, 6.45) is 0. The highest BCUT2D eigenvalue weighted by Gasteiger charge is 2.51. The van der Waals surface area contributed by atoms with Gasteiger partial charge in [0.05, 0.1) is 0 Å². The quantitative estimate of drug-likeness (QED) is 0.386. The van der Waals surface area contributed by atoms with Gasteiger partial charge in [-0.1, -0.05) is 0 Å². The lowest BCUT2D eigenvalue weighted by Crippen LogP contribution is -2.63. The van der Waals surface area contributed by atoms with Crippen LogP contribution in [0.1, 0.15) is 0 Å². The van der Waals surface area contributed by atoms with Gasteiger partial charge in [0.15, 0.2) is 26.9 Å². The van der Waals surface area contributed by atoms with Gasteiger partial charge in [-0.3, -0.25) is 0 Å². The topological polar surface area (TPSA) is 55.4 Å². The van der Waals surface area contributed by atoms with Crippen molar-refractivity contribution in [3.8, 4) is 0 Å². The average Bonchev–Trinajstić information content (AvgIpc) is 2.10. The second kappa shape index (κ2) is 10.4. The summed E-state index contributed by atoms with van der Waals surface area (Å²) in [4.78, 5) is 0. The molecule has 0 radical (unpaired) electrons. The predicted molar refractivity (Wildman–Crippen MR) is 127 cm³/mol. The Labute approximate surface area is 174 Å². The van der Waals surface area contributed by atoms with E-state index in [0.717, 1.165) is 0 Å². The molecule has 0 aliphatic heterocycles. The van der Waals surface area contributed by atoms with E-state index in [1.54, 1.807) is 39.3 Å². The molecule has 0 aromatic carbocycles. The molecule has 0 aromatic heterocycles. The minimum atomic E-state index is -3.33. The number of rotatable bonds is 12. The fraction of sp³-hybridized carbons (Fsp3) is 1.00. The van der Waals surface area contributed by atoms with E-state index in [9.17, 15) is 0 Å². The fourth-order valence-corrected chi connectivity index (χ4v) is 28.7. The van der Waals surface area contributed by atoms with Crippen LogP contribution in [-0.4, -0.2) is 65.1 Å². The maximum atomic E-state index is 8.23. The van der Waals surface area contributed by atoms with E-state index in [-0.39, 0.29) is 0 Å². The van der Waals surface area contributed by atoms with Crippen molar-refractivity contribution >= 4 is 61.4 Å². The Morgan fingerprint density at radius 1 is 0.500 bits per heavy atom. The molecular formula is C13H42O6Si7. The van der Waals surface area contributed by atoms with Crippen LogP contribution in [0.5, 0.6) is 0 Å². The van der Waals surface area contributed by atoms with Crippen LogP contribution in [0.15, 0.2) is 0 Å². The molecule has 158 valence electrons. The van der Waals surface area contributed by atoms with Gasteiger partial charge >= 0.3 is 34.5 Å². The summed E-state index contributed by atoms with van der Waals surface area (Å²) in [6, 6.07) is 0. The van der Waals surface area contributed by atoms with Crippen molar-refractivity contribution in [3.05, 3.63) is 0 Å². The molecule has 0 bridgehead atoms. The maximum absolute atomic E-state index is 8.23. The summed E-state index contributed by atoms with van der Waals surface area (Å²) in [6.45, 7) is 24.0. The van der Waals surface area contributed by atoms with Crippen LogP contribution in [0.25, 0.3) is 0 Å². The molecule has 0 fully saturated rings. The summed E-state index contributed by atoms with van der Waals surface area (Å²) in [5.74, 6) is 0. The van der Waals surface area contributed by atoms with Crippen molar-refractivity contribution in [1.29, 1.82) is 3.70 Å². The van der Waals surface area contributed by atoms with E-state index < -0.39 is 61.4 Å². The molecule has 0 unspecified atom stereocenters. The van der Waals surface area contributed by atoms with Gasteiger partial charge in [0.1, 0.15) is 0 Å². The smallest absolute Gasteiger partial charge is 0.439 e. The summed E-state index contributed by atoms with van der Waals surface area (Å²) < 4.78 is 62.1. The van der Waals surface area contributed by atoms with Gasteiger partial charge < -0.3 is 24.7 Å². The van der Waals surface area contributed by atoms with Crippen molar-refractivity contribution in [2.45, 2.75) is 85.1 Å². The molecule has 0 heterocycles. The van der Waals surface area contributed by atoms with E-state index in [4.69, 9.17) is 28.4 Å². The number of hydrogen-bond acceptors (Lipinski definition) is 6. The standard InChI is InChI=1S/C13H42O6Si7/c1-20(2)14-23(7,8)17-26(13,18-24(9,10)15-21(3)4)19-25(11,12)16-22(5)6/h20-22H,1-13H3/i20D,21D,22D. The first-order chi connectivity index (χ1) is 12.2. The van der Waals surface area contributed by atoms with Crippen LogP contribution in [0.2, 0.25) is 85.1 Å². The third-order valence-electron chi connectivity index (χ3n) is 2.64. The van der Waals surface area contributed by atoms with Gasteiger partial charge in [0.2, 0.25) is 0 Å². The minimum absolute atomic E-state index is 1.80. The molecule has 0 N–H and O–H groups in total. The molecular weight excluding hydrogens is 449 g/mol. The Bertz CT molecular complexity index is 472. The lowest BCUT2D eigenvalue weighted by Gasteiger charge is -2.43. The average molecular weight is 494 g/mol. The normalized spacial score (nSPS) is 17.7. The molecule has 0 saturated heterocycles. The highest BCUT2D eigenvalue weighted by molar-refractivity contribution is 6.89. The molecule has 0 atom stereocenters. The molecule has 0 aliphatic rings. The predicted octanol–water partition coefficient (Wildman–Crippen LogP) is 3.71. The Kier molecular flexibility index (Phi) is 8.75. The van der Waals surface area contributed by atoms with Crippen LogP contribution in [0.3, 0.4) is 0 Å². The third kappa shape index (κ3) is 12.7. The van der Waals surface area contributed by atoms with E-state index >= 15 is 0 Å². The minimum Gasteiger partial charge on any atom is -0.439 e. The van der Waals surface area contributed by atoms with Crippen molar-refractivity contribution in [2.24, 2.45) is 0 Å². The summed E-state index contributed by atoms with van der Waals surface area (Å²) in [5, 5.41) is 0. The van der Waals surface area contributed by atoms with Crippen molar-refractivity contribution in [1.82, 2.24) is 0 Å². The van der Waals surface area contributed by atoms with Gasteiger partial charge in [-0.05, 0) is 78.6 Å². The monoisotopic (exact) mass is 493 g/mol. The Morgan fingerprint density at radius 2 is 0.692 bits per heavy atom. The lowest BCUT2D eigenvalue weighted by atomic mass is 11.9. The molecule has 0 aromatic rings. The second-order valence-electron chi connectivity index (χ2n) is 8.40. The molecule has 6 nitrogen and oxygen atoms in total. The van der Waals surface area contributed by atoms with Crippen molar-refractivity contribution < 1.29 is 24.7 Å². The summed E-state index contributed by atoms with van der Waals surface area (Å²) >= 11 is 0. The van der Waals surface area contributed by atoms with Crippen LogP contribution in [0.4, 0.5) is 0 Å². The maximum Gasteiger partial charge on any atom is 0.470 e. The number of hydrogen-bond donors (Lipinski definition) is 0. The SMILES string of the molecule is [2H][Si](C)(C)O[Si](C)(C)O[Si](C)(O[Si](C)(C)O[Si]([2H])(C)C)O[Si](C)(C)O[Si]([2H])(C)C. The Hall–Kier alpha value is 1.28. The molecule has 0 spiro atoms. The van der Waals surface area contributed by atoms with E-state index in [1.807, 2.05) is 45.8 Å². The molecule has 26 heavy (non-hydrogen) atoms. The van der Waals surface area contributed by atoms with E-state index in [0.29, 0.717) is 0 Å². The van der Waals surface area contributed by atoms with Gasteiger partial charge in [-0.2, -0.15) is 0 Å². The van der Waals surface area contributed by atoms with E-state index in [1.165, 1.54) is 0 Å². The molecule has 0 rings (SSSR count). The van der Waals surface area contributed by atoms with Crippen molar-refractivity contribution in [3.63, 3.8) is 0 Å². The molecule has 0 aliphatic carbocycles. The van der Waals surface area contributed by atoms with Crippen LogP contribution in [-0.2, 0) is 24.7 Å². The fourth-order valence-electron chi connectivity index (χ4n) is 2.94.